The number of hydrogen-bond donors (Lipinski definition) is 1. The minimum absolute atomic E-state index is 0.0616. The second kappa shape index (κ2) is 4.07. The Morgan fingerprint density at radius 3 is 2.75 bits per heavy atom. The van der Waals surface area contributed by atoms with Crippen molar-refractivity contribution in [2.75, 3.05) is 6.61 Å². The molecule has 0 aromatic heterocycles. The van der Waals surface area contributed by atoms with Crippen LogP contribution in [0.2, 0.25) is 0 Å². The maximum Gasteiger partial charge on any atom is 0.418 e. The Morgan fingerprint density at radius 1 is 1.38 bits per heavy atom. The molecule has 1 heterocycles. The molecule has 88 valence electrons. The van der Waals surface area contributed by atoms with Crippen LogP contribution in [0.15, 0.2) is 18.2 Å². The number of fused-ring (bicyclic) bond motifs is 1. The van der Waals surface area contributed by atoms with Gasteiger partial charge in [-0.2, -0.15) is 13.2 Å². The number of rotatable bonds is 1. The molecule has 1 atom stereocenters. The van der Waals surface area contributed by atoms with Crippen molar-refractivity contribution < 1.29 is 23.0 Å². The summed E-state index contributed by atoms with van der Waals surface area (Å²) in [5.41, 5.74) is 1.40. The zero-order valence-electron chi connectivity index (χ0n) is 8.42. The van der Waals surface area contributed by atoms with Crippen molar-refractivity contribution in [1.29, 1.82) is 0 Å². The van der Waals surface area contributed by atoms with Gasteiger partial charge in [0.05, 0.1) is 13.2 Å². The number of ether oxygens (including phenoxy) is 1. The molecule has 0 amide bonds. The van der Waals surface area contributed by atoms with Crippen LogP contribution in [-0.4, -0.2) is 17.9 Å². The Morgan fingerprint density at radius 2 is 2.12 bits per heavy atom. The van der Waals surface area contributed by atoms with Crippen LogP contribution in [0.25, 0.3) is 0 Å². The van der Waals surface area contributed by atoms with Crippen LogP contribution in [0, 0.1) is 0 Å². The summed E-state index contributed by atoms with van der Waals surface area (Å²) < 4.78 is 42.6. The van der Waals surface area contributed by atoms with Gasteiger partial charge in [0.2, 0.25) is 0 Å². The van der Waals surface area contributed by atoms with Crippen molar-refractivity contribution in [2.24, 2.45) is 0 Å². The summed E-state index contributed by atoms with van der Waals surface area (Å²) in [5, 5.41) is 8.91. The van der Waals surface area contributed by atoms with Crippen molar-refractivity contribution in [2.45, 2.75) is 25.3 Å². The molecule has 0 unspecified atom stereocenters. The second-order valence-corrected chi connectivity index (χ2v) is 3.73. The predicted octanol–water partition coefficient (Wildman–Crippen LogP) is 2.36. The second-order valence-electron chi connectivity index (χ2n) is 3.73. The normalized spacial score (nSPS) is 20.6. The third-order valence-corrected chi connectivity index (χ3v) is 2.63. The van der Waals surface area contributed by atoms with Gasteiger partial charge in [0.15, 0.2) is 6.10 Å². The highest BCUT2D eigenvalue weighted by Gasteiger charge is 2.44. The van der Waals surface area contributed by atoms with Crippen LogP contribution in [0.4, 0.5) is 13.2 Å². The van der Waals surface area contributed by atoms with Gasteiger partial charge in [-0.3, -0.25) is 0 Å². The van der Waals surface area contributed by atoms with E-state index in [1.807, 2.05) is 0 Å². The number of aliphatic hydroxyl groups is 1. The van der Waals surface area contributed by atoms with E-state index in [0.29, 0.717) is 17.5 Å². The third kappa shape index (κ3) is 2.05. The summed E-state index contributed by atoms with van der Waals surface area (Å²) in [6, 6.07) is 4.49. The fourth-order valence-corrected chi connectivity index (χ4v) is 1.88. The molecule has 1 aromatic carbocycles. The lowest BCUT2D eigenvalue weighted by Gasteiger charge is -2.28. The molecule has 1 aromatic rings. The Balaban J connectivity index is 2.40. The lowest BCUT2D eigenvalue weighted by molar-refractivity contribution is -0.227. The summed E-state index contributed by atoms with van der Waals surface area (Å²) in [4.78, 5) is 0. The molecular formula is C11H11F3O2. The predicted molar refractivity (Wildman–Crippen MR) is 50.8 cm³/mol. The van der Waals surface area contributed by atoms with E-state index in [4.69, 9.17) is 9.84 Å². The highest BCUT2D eigenvalue weighted by atomic mass is 19.4. The van der Waals surface area contributed by atoms with Gasteiger partial charge in [0.25, 0.3) is 0 Å². The van der Waals surface area contributed by atoms with Gasteiger partial charge in [-0.15, -0.1) is 0 Å². The average Bonchev–Trinajstić information content (AvgIpc) is 2.26. The average molecular weight is 232 g/mol. The molecule has 1 aliphatic rings. The number of benzene rings is 1. The molecule has 2 rings (SSSR count). The highest BCUT2D eigenvalue weighted by Crippen LogP contribution is 2.40. The van der Waals surface area contributed by atoms with Gasteiger partial charge in [-0.05, 0) is 23.1 Å². The molecule has 0 spiro atoms. The molecule has 0 radical (unpaired) electrons. The van der Waals surface area contributed by atoms with Gasteiger partial charge < -0.3 is 9.84 Å². The molecule has 0 bridgehead atoms. The first-order chi connectivity index (χ1) is 7.52. The topological polar surface area (TPSA) is 29.5 Å². The molecule has 1 N–H and O–H groups in total. The lowest BCUT2D eigenvalue weighted by Crippen LogP contribution is -2.29. The molecule has 1 aliphatic heterocycles. The number of aliphatic hydroxyl groups excluding tert-OH is 1. The fourth-order valence-electron chi connectivity index (χ4n) is 1.88. The van der Waals surface area contributed by atoms with E-state index in [0.717, 1.165) is 0 Å². The SMILES string of the molecule is OCc1ccc2c(c1)CCO[C@@H]2C(F)(F)F. The number of hydrogen-bond acceptors (Lipinski definition) is 2. The summed E-state index contributed by atoms with van der Waals surface area (Å²) in [6.07, 6.45) is -5.75. The molecule has 16 heavy (non-hydrogen) atoms. The monoisotopic (exact) mass is 232 g/mol. The van der Waals surface area contributed by atoms with E-state index in [1.54, 1.807) is 6.07 Å². The highest BCUT2D eigenvalue weighted by molar-refractivity contribution is 5.35. The molecule has 2 nitrogen and oxygen atoms in total. The van der Waals surface area contributed by atoms with Crippen LogP contribution in [-0.2, 0) is 17.8 Å². The Bertz CT molecular complexity index is 387. The summed E-state index contributed by atoms with van der Waals surface area (Å²) >= 11 is 0. The van der Waals surface area contributed by atoms with Crippen LogP contribution in [0.3, 0.4) is 0 Å². The van der Waals surface area contributed by atoms with E-state index in [-0.39, 0.29) is 18.8 Å². The molecular weight excluding hydrogens is 221 g/mol. The van der Waals surface area contributed by atoms with Crippen molar-refractivity contribution in [1.82, 2.24) is 0 Å². The van der Waals surface area contributed by atoms with E-state index in [1.165, 1.54) is 12.1 Å². The molecule has 0 aliphatic carbocycles. The van der Waals surface area contributed by atoms with Gasteiger partial charge >= 0.3 is 6.18 Å². The van der Waals surface area contributed by atoms with Crippen molar-refractivity contribution in [3.63, 3.8) is 0 Å². The van der Waals surface area contributed by atoms with Crippen LogP contribution < -0.4 is 0 Å². The molecule has 0 fully saturated rings. The van der Waals surface area contributed by atoms with E-state index >= 15 is 0 Å². The number of halogens is 3. The largest absolute Gasteiger partial charge is 0.418 e. The summed E-state index contributed by atoms with van der Waals surface area (Å²) in [7, 11) is 0. The van der Waals surface area contributed by atoms with Gasteiger partial charge in [0, 0.05) is 0 Å². The maximum absolute atomic E-state index is 12.6. The van der Waals surface area contributed by atoms with E-state index in [9.17, 15) is 13.2 Å². The summed E-state index contributed by atoms with van der Waals surface area (Å²) in [5.74, 6) is 0. The van der Waals surface area contributed by atoms with Crippen LogP contribution in [0.5, 0.6) is 0 Å². The Hall–Kier alpha value is -1.07. The minimum Gasteiger partial charge on any atom is -0.392 e. The first kappa shape index (κ1) is 11.4. The zero-order valence-corrected chi connectivity index (χ0v) is 8.42. The van der Waals surface area contributed by atoms with Crippen molar-refractivity contribution >= 4 is 0 Å². The van der Waals surface area contributed by atoms with E-state index < -0.39 is 12.3 Å². The standard InChI is InChI=1S/C11H11F3O2/c12-11(13,14)10-9-2-1-7(6-15)5-8(9)3-4-16-10/h1-2,5,10,15H,3-4,6H2/t10-/m0/s1. The quantitative estimate of drug-likeness (QED) is 0.805. The van der Waals surface area contributed by atoms with Crippen molar-refractivity contribution in [3.05, 3.63) is 34.9 Å². The van der Waals surface area contributed by atoms with Gasteiger partial charge in [-0.25, -0.2) is 0 Å². The van der Waals surface area contributed by atoms with Gasteiger partial charge in [0.1, 0.15) is 0 Å². The Kier molecular flexibility index (Phi) is 2.90. The van der Waals surface area contributed by atoms with Crippen molar-refractivity contribution in [3.8, 4) is 0 Å². The smallest absolute Gasteiger partial charge is 0.392 e. The van der Waals surface area contributed by atoms with Gasteiger partial charge in [-0.1, -0.05) is 18.2 Å². The molecule has 0 saturated heterocycles. The summed E-state index contributed by atoms with van der Waals surface area (Å²) in [6.45, 7) is -0.100. The third-order valence-electron chi connectivity index (χ3n) is 2.63. The number of alkyl halides is 3. The van der Waals surface area contributed by atoms with E-state index in [2.05, 4.69) is 0 Å². The molecule has 5 heteroatoms. The maximum atomic E-state index is 12.6. The Labute approximate surface area is 90.7 Å². The first-order valence-electron chi connectivity index (χ1n) is 4.93. The fraction of sp³-hybridized carbons (Fsp3) is 0.455. The first-order valence-corrected chi connectivity index (χ1v) is 4.93. The lowest BCUT2D eigenvalue weighted by atomic mass is 9.95. The van der Waals surface area contributed by atoms with Crippen LogP contribution >= 0.6 is 0 Å². The van der Waals surface area contributed by atoms with Crippen LogP contribution in [0.1, 0.15) is 22.8 Å². The molecule has 0 saturated carbocycles. The minimum atomic E-state index is -4.38. The zero-order chi connectivity index (χ0) is 11.8.